The molecule has 0 spiro atoms. The maximum absolute atomic E-state index is 10.2. The van der Waals surface area contributed by atoms with Crippen LogP contribution in [-0.2, 0) is 0 Å². The molecule has 0 unspecified atom stereocenters. The fraction of sp³-hybridized carbons (Fsp3) is 0.211. The first-order valence-electron chi connectivity index (χ1n) is 7.21. The summed E-state index contributed by atoms with van der Waals surface area (Å²) >= 11 is 0. The van der Waals surface area contributed by atoms with E-state index in [0.717, 1.165) is 11.1 Å². The SMILES string of the molecule is CC(C)c1c(O)cc(/C(=C\c2ccccc2)CC#N)cc1O. The smallest absolute Gasteiger partial charge is 0.123 e. The lowest BCUT2D eigenvalue weighted by atomic mass is 9.94. The lowest BCUT2D eigenvalue weighted by Gasteiger charge is -2.14. The van der Waals surface area contributed by atoms with E-state index >= 15 is 0 Å². The van der Waals surface area contributed by atoms with Crippen molar-refractivity contribution in [2.45, 2.75) is 26.2 Å². The van der Waals surface area contributed by atoms with Gasteiger partial charge >= 0.3 is 0 Å². The molecule has 2 N–H and O–H groups in total. The molecular formula is C19H19NO2. The molecule has 3 heteroatoms. The van der Waals surface area contributed by atoms with Crippen molar-refractivity contribution in [3.8, 4) is 17.6 Å². The standard InChI is InChI=1S/C19H19NO2/c1-13(2)19-17(21)11-16(12-18(19)22)15(8-9-20)10-14-6-4-3-5-7-14/h3-7,10-13,21-22H,8H2,1-2H3/b15-10-. The van der Waals surface area contributed by atoms with Crippen LogP contribution in [0.25, 0.3) is 11.6 Å². The van der Waals surface area contributed by atoms with Gasteiger partial charge in [-0.1, -0.05) is 50.3 Å². The van der Waals surface area contributed by atoms with Crippen molar-refractivity contribution in [2.24, 2.45) is 0 Å². The number of nitrogens with zero attached hydrogens (tertiary/aromatic N) is 1. The number of aromatic hydroxyl groups is 2. The van der Waals surface area contributed by atoms with E-state index in [1.165, 1.54) is 0 Å². The predicted octanol–water partition coefficient (Wildman–Crippen LogP) is 4.68. The van der Waals surface area contributed by atoms with Crippen LogP contribution in [0.5, 0.6) is 11.5 Å². The highest BCUT2D eigenvalue weighted by Crippen LogP contribution is 2.37. The van der Waals surface area contributed by atoms with Gasteiger partial charge in [0.25, 0.3) is 0 Å². The number of nitriles is 1. The molecule has 0 saturated heterocycles. The van der Waals surface area contributed by atoms with Crippen molar-refractivity contribution < 1.29 is 10.2 Å². The third kappa shape index (κ3) is 3.48. The Balaban J connectivity index is 2.51. The molecule has 3 nitrogen and oxygen atoms in total. The summed E-state index contributed by atoms with van der Waals surface area (Å²) in [6.45, 7) is 3.81. The summed E-state index contributed by atoms with van der Waals surface area (Å²) in [6.07, 6.45) is 2.10. The van der Waals surface area contributed by atoms with Crippen LogP contribution in [-0.4, -0.2) is 10.2 Å². The predicted molar refractivity (Wildman–Crippen MR) is 88.4 cm³/mol. The zero-order valence-corrected chi connectivity index (χ0v) is 12.7. The van der Waals surface area contributed by atoms with Gasteiger partial charge in [0.15, 0.2) is 0 Å². The van der Waals surface area contributed by atoms with Gasteiger partial charge in [0, 0.05) is 5.56 Å². The van der Waals surface area contributed by atoms with Gasteiger partial charge in [-0.2, -0.15) is 5.26 Å². The fourth-order valence-corrected chi connectivity index (χ4v) is 2.47. The van der Waals surface area contributed by atoms with Crippen LogP contribution < -0.4 is 0 Å². The van der Waals surface area contributed by atoms with Crippen molar-refractivity contribution in [1.82, 2.24) is 0 Å². The summed E-state index contributed by atoms with van der Waals surface area (Å²) in [6, 6.07) is 15.0. The first kappa shape index (κ1) is 15.7. The van der Waals surface area contributed by atoms with Gasteiger partial charge < -0.3 is 10.2 Å². The summed E-state index contributed by atoms with van der Waals surface area (Å²) in [5.74, 6) is 0.135. The van der Waals surface area contributed by atoms with E-state index in [0.29, 0.717) is 11.1 Å². The van der Waals surface area contributed by atoms with E-state index in [4.69, 9.17) is 5.26 Å². The van der Waals surface area contributed by atoms with Crippen LogP contribution in [0.4, 0.5) is 0 Å². The zero-order chi connectivity index (χ0) is 16.1. The maximum Gasteiger partial charge on any atom is 0.123 e. The summed E-state index contributed by atoms with van der Waals surface area (Å²) in [5, 5.41) is 29.4. The summed E-state index contributed by atoms with van der Waals surface area (Å²) in [7, 11) is 0. The van der Waals surface area contributed by atoms with Gasteiger partial charge in [0.2, 0.25) is 0 Å². The van der Waals surface area contributed by atoms with Gasteiger partial charge in [-0.15, -0.1) is 0 Å². The molecule has 0 heterocycles. The first-order valence-corrected chi connectivity index (χ1v) is 7.21. The quantitative estimate of drug-likeness (QED) is 0.805. The van der Waals surface area contributed by atoms with Crippen molar-refractivity contribution in [3.05, 3.63) is 59.2 Å². The van der Waals surface area contributed by atoms with Gasteiger partial charge in [0.1, 0.15) is 11.5 Å². The molecule has 2 rings (SSSR count). The molecule has 2 aromatic rings. The Labute approximate surface area is 130 Å². The van der Waals surface area contributed by atoms with E-state index in [-0.39, 0.29) is 23.8 Å². The van der Waals surface area contributed by atoms with Crippen molar-refractivity contribution in [2.75, 3.05) is 0 Å². The molecule has 0 fully saturated rings. The molecule has 0 aliphatic heterocycles. The summed E-state index contributed by atoms with van der Waals surface area (Å²) < 4.78 is 0. The minimum absolute atomic E-state index is 0.0200. The van der Waals surface area contributed by atoms with E-state index in [9.17, 15) is 10.2 Å². The van der Waals surface area contributed by atoms with Gasteiger partial charge in [-0.25, -0.2) is 0 Å². The number of phenols is 2. The lowest BCUT2D eigenvalue weighted by Crippen LogP contribution is -1.92. The van der Waals surface area contributed by atoms with Crippen LogP contribution in [0.1, 0.15) is 42.9 Å². The Hall–Kier alpha value is -2.73. The normalized spacial score (nSPS) is 11.5. The van der Waals surface area contributed by atoms with Gasteiger partial charge in [-0.3, -0.25) is 0 Å². The number of hydrogen-bond acceptors (Lipinski definition) is 3. The average molecular weight is 293 g/mol. The maximum atomic E-state index is 10.2. The number of benzene rings is 2. The molecule has 0 saturated carbocycles. The van der Waals surface area contributed by atoms with Crippen molar-refractivity contribution in [3.63, 3.8) is 0 Å². The Morgan fingerprint density at radius 3 is 2.23 bits per heavy atom. The topological polar surface area (TPSA) is 64.2 Å². The Morgan fingerprint density at radius 2 is 1.73 bits per heavy atom. The van der Waals surface area contributed by atoms with Crippen LogP contribution in [0.15, 0.2) is 42.5 Å². The second-order valence-corrected chi connectivity index (χ2v) is 5.50. The molecule has 0 aliphatic carbocycles. The minimum Gasteiger partial charge on any atom is -0.507 e. The summed E-state index contributed by atoms with van der Waals surface area (Å²) in [5.41, 5.74) is 2.92. The minimum atomic E-state index is 0.0200. The molecule has 0 radical (unpaired) electrons. The van der Waals surface area contributed by atoms with E-state index in [2.05, 4.69) is 6.07 Å². The molecule has 2 aromatic carbocycles. The molecule has 0 atom stereocenters. The third-order valence-corrected chi connectivity index (χ3v) is 3.49. The first-order chi connectivity index (χ1) is 10.5. The number of hydrogen-bond donors (Lipinski definition) is 2. The van der Waals surface area contributed by atoms with E-state index in [1.807, 2.05) is 50.3 Å². The Kier molecular flexibility index (Phi) is 4.85. The molecule has 0 aromatic heterocycles. The number of rotatable bonds is 4. The lowest BCUT2D eigenvalue weighted by molar-refractivity contribution is 0.433. The molecule has 22 heavy (non-hydrogen) atoms. The van der Waals surface area contributed by atoms with Crippen molar-refractivity contribution in [1.29, 1.82) is 5.26 Å². The molecular weight excluding hydrogens is 274 g/mol. The second kappa shape index (κ2) is 6.82. The van der Waals surface area contributed by atoms with Crippen molar-refractivity contribution >= 4 is 11.6 Å². The summed E-state index contributed by atoms with van der Waals surface area (Å²) in [4.78, 5) is 0. The highest BCUT2D eigenvalue weighted by atomic mass is 16.3. The van der Waals surface area contributed by atoms with E-state index < -0.39 is 0 Å². The fourth-order valence-electron chi connectivity index (χ4n) is 2.47. The van der Waals surface area contributed by atoms with Crippen LogP contribution >= 0.6 is 0 Å². The Morgan fingerprint density at radius 1 is 1.14 bits per heavy atom. The molecule has 0 aliphatic rings. The highest BCUT2D eigenvalue weighted by Gasteiger charge is 2.15. The van der Waals surface area contributed by atoms with Crippen LogP contribution in [0, 0.1) is 11.3 Å². The van der Waals surface area contributed by atoms with Crippen LogP contribution in [0.2, 0.25) is 0 Å². The average Bonchev–Trinajstić information content (AvgIpc) is 2.46. The molecule has 0 amide bonds. The third-order valence-electron chi connectivity index (χ3n) is 3.49. The number of phenolic OH excluding ortho intramolecular Hbond substituents is 2. The Bertz CT molecular complexity index is 702. The number of allylic oxidation sites excluding steroid dienone is 1. The molecule has 0 bridgehead atoms. The van der Waals surface area contributed by atoms with E-state index in [1.54, 1.807) is 12.1 Å². The zero-order valence-electron chi connectivity index (χ0n) is 12.7. The second-order valence-electron chi connectivity index (χ2n) is 5.50. The monoisotopic (exact) mass is 293 g/mol. The van der Waals surface area contributed by atoms with Crippen LogP contribution in [0.3, 0.4) is 0 Å². The largest absolute Gasteiger partial charge is 0.507 e. The molecule has 112 valence electrons. The highest BCUT2D eigenvalue weighted by molar-refractivity contribution is 5.83. The van der Waals surface area contributed by atoms with Gasteiger partial charge in [-0.05, 0) is 34.8 Å². The van der Waals surface area contributed by atoms with Gasteiger partial charge in [0.05, 0.1) is 12.5 Å².